The molecular weight excluding hydrogens is 262 g/mol. The van der Waals surface area contributed by atoms with Crippen LogP contribution in [0.4, 0.5) is 0 Å². The van der Waals surface area contributed by atoms with Crippen LogP contribution in [0.3, 0.4) is 0 Å². The second-order valence-electron chi connectivity index (χ2n) is 4.97. The molecule has 1 aromatic carbocycles. The predicted octanol–water partition coefficient (Wildman–Crippen LogP) is 0.682. The Hall–Kier alpha value is -0.950. The van der Waals surface area contributed by atoms with Gasteiger partial charge in [0, 0.05) is 19.1 Å². The molecule has 0 saturated carbocycles. The third kappa shape index (κ3) is 4.28. The minimum Gasteiger partial charge on any atom is -0.326 e. The highest BCUT2D eigenvalue weighted by atomic mass is 32.2. The molecule has 0 heterocycles. The van der Waals surface area contributed by atoms with Crippen molar-refractivity contribution in [1.29, 1.82) is 0 Å². The minimum atomic E-state index is -3.48. The summed E-state index contributed by atoms with van der Waals surface area (Å²) in [7, 11) is 0.348. The SMILES string of the molecule is Cc1ccc(CN)cc1S(=O)(=O)NCC(C)N(C)C. The lowest BCUT2D eigenvalue weighted by molar-refractivity contribution is 0.314. The molecule has 0 aliphatic heterocycles. The van der Waals surface area contributed by atoms with E-state index in [-0.39, 0.29) is 6.04 Å². The third-order valence-electron chi connectivity index (χ3n) is 3.23. The van der Waals surface area contributed by atoms with Gasteiger partial charge in [-0.05, 0) is 45.1 Å². The first-order valence-corrected chi connectivity index (χ1v) is 7.72. The standard InChI is InChI=1S/C13H23N3O2S/c1-10-5-6-12(8-14)7-13(10)19(17,18)15-9-11(2)16(3)4/h5-7,11,15H,8-9,14H2,1-4H3. The molecule has 0 radical (unpaired) electrons. The highest BCUT2D eigenvalue weighted by Gasteiger charge is 2.18. The lowest BCUT2D eigenvalue weighted by Gasteiger charge is -2.20. The fourth-order valence-electron chi connectivity index (χ4n) is 1.55. The van der Waals surface area contributed by atoms with E-state index in [4.69, 9.17) is 5.73 Å². The number of hydrogen-bond acceptors (Lipinski definition) is 4. The first-order chi connectivity index (χ1) is 8.77. The summed E-state index contributed by atoms with van der Waals surface area (Å²) in [5, 5.41) is 0. The summed E-state index contributed by atoms with van der Waals surface area (Å²) < 4.78 is 27.2. The number of nitrogens with one attached hydrogen (secondary N) is 1. The molecule has 0 amide bonds. The van der Waals surface area contributed by atoms with Gasteiger partial charge in [-0.15, -0.1) is 0 Å². The van der Waals surface area contributed by atoms with Gasteiger partial charge in [0.05, 0.1) is 4.90 Å². The molecule has 1 aromatic rings. The normalized spacial score (nSPS) is 13.8. The van der Waals surface area contributed by atoms with Gasteiger partial charge in [-0.2, -0.15) is 0 Å². The van der Waals surface area contributed by atoms with Gasteiger partial charge in [0.2, 0.25) is 10.0 Å². The summed E-state index contributed by atoms with van der Waals surface area (Å²) in [5.74, 6) is 0. The number of likely N-dealkylation sites (N-methyl/N-ethyl adjacent to an activating group) is 1. The Labute approximate surface area is 115 Å². The number of sulfonamides is 1. The van der Waals surface area contributed by atoms with Gasteiger partial charge in [0.15, 0.2) is 0 Å². The number of nitrogens with zero attached hydrogens (tertiary/aromatic N) is 1. The van der Waals surface area contributed by atoms with Crippen molar-refractivity contribution in [3.05, 3.63) is 29.3 Å². The number of rotatable bonds is 6. The second-order valence-corrected chi connectivity index (χ2v) is 6.70. The Balaban J connectivity index is 2.94. The van der Waals surface area contributed by atoms with Crippen LogP contribution in [-0.2, 0) is 16.6 Å². The van der Waals surface area contributed by atoms with Crippen molar-refractivity contribution in [2.24, 2.45) is 5.73 Å². The van der Waals surface area contributed by atoms with Crippen LogP contribution in [0.5, 0.6) is 0 Å². The molecule has 3 N–H and O–H groups in total. The average Bonchev–Trinajstić information content (AvgIpc) is 2.36. The van der Waals surface area contributed by atoms with E-state index in [0.717, 1.165) is 11.1 Å². The Morgan fingerprint density at radius 1 is 1.37 bits per heavy atom. The third-order valence-corrected chi connectivity index (χ3v) is 4.79. The van der Waals surface area contributed by atoms with E-state index >= 15 is 0 Å². The van der Waals surface area contributed by atoms with E-state index in [2.05, 4.69) is 4.72 Å². The second kappa shape index (κ2) is 6.47. The Morgan fingerprint density at radius 2 is 2.00 bits per heavy atom. The van der Waals surface area contributed by atoms with Gasteiger partial charge in [-0.25, -0.2) is 13.1 Å². The quantitative estimate of drug-likeness (QED) is 0.806. The molecule has 0 spiro atoms. The molecule has 108 valence electrons. The highest BCUT2D eigenvalue weighted by molar-refractivity contribution is 7.89. The van der Waals surface area contributed by atoms with Gasteiger partial charge < -0.3 is 10.6 Å². The number of benzene rings is 1. The molecule has 5 nitrogen and oxygen atoms in total. The summed E-state index contributed by atoms with van der Waals surface area (Å²) >= 11 is 0. The van der Waals surface area contributed by atoms with Gasteiger partial charge in [-0.3, -0.25) is 0 Å². The number of nitrogens with two attached hydrogens (primary N) is 1. The van der Waals surface area contributed by atoms with Crippen LogP contribution in [0.25, 0.3) is 0 Å². The van der Waals surface area contributed by atoms with E-state index < -0.39 is 10.0 Å². The maximum absolute atomic E-state index is 12.3. The molecular formula is C13H23N3O2S. The van der Waals surface area contributed by atoms with E-state index in [9.17, 15) is 8.42 Å². The molecule has 1 rings (SSSR count). The first-order valence-electron chi connectivity index (χ1n) is 6.23. The van der Waals surface area contributed by atoms with Gasteiger partial charge >= 0.3 is 0 Å². The summed E-state index contributed by atoms with van der Waals surface area (Å²) in [6, 6.07) is 5.40. The predicted molar refractivity (Wildman–Crippen MR) is 77.4 cm³/mol. The Morgan fingerprint density at radius 3 is 2.53 bits per heavy atom. The van der Waals surface area contributed by atoms with Crippen molar-refractivity contribution in [1.82, 2.24) is 9.62 Å². The summed E-state index contributed by atoms with van der Waals surface area (Å²) in [6.45, 7) is 4.45. The smallest absolute Gasteiger partial charge is 0.240 e. The van der Waals surface area contributed by atoms with Crippen molar-refractivity contribution in [3.8, 4) is 0 Å². The molecule has 0 aromatic heterocycles. The summed E-state index contributed by atoms with van der Waals surface area (Å²) in [6.07, 6.45) is 0. The van der Waals surface area contributed by atoms with Crippen molar-refractivity contribution >= 4 is 10.0 Å². The summed E-state index contributed by atoms with van der Waals surface area (Å²) in [4.78, 5) is 2.27. The maximum Gasteiger partial charge on any atom is 0.240 e. The zero-order chi connectivity index (χ0) is 14.6. The fraction of sp³-hybridized carbons (Fsp3) is 0.538. The molecule has 6 heteroatoms. The lowest BCUT2D eigenvalue weighted by Crippen LogP contribution is -2.38. The molecule has 0 aliphatic carbocycles. The lowest BCUT2D eigenvalue weighted by atomic mass is 10.1. The molecule has 0 saturated heterocycles. The van der Waals surface area contributed by atoms with Crippen LogP contribution in [0.2, 0.25) is 0 Å². The van der Waals surface area contributed by atoms with Crippen LogP contribution < -0.4 is 10.5 Å². The number of hydrogen-bond donors (Lipinski definition) is 2. The van der Waals surface area contributed by atoms with E-state index in [1.54, 1.807) is 19.1 Å². The van der Waals surface area contributed by atoms with Crippen LogP contribution in [0.1, 0.15) is 18.1 Å². The van der Waals surface area contributed by atoms with Crippen LogP contribution in [0, 0.1) is 6.92 Å². The van der Waals surface area contributed by atoms with E-state index in [1.807, 2.05) is 32.0 Å². The molecule has 1 atom stereocenters. The first kappa shape index (κ1) is 16.1. The van der Waals surface area contributed by atoms with Crippen LogP contribution in [-0.4, -0.2) is 40.0 Å². The molecule has 1 unspecified atom stereocenters. The zero-order valence-electron chi connectivity index (χ0n) is 12.0. The molecule has 0 aliphatic rings. The molecule has 0 fully saturated rings. The van der Waals surface area contributed by atoms with Crippen molar-refractivity contribution < 1.29 is 8.42 Å². The average molecular weight is 285 g/mol. The van der Waals surface area contributed by atoms with Crippen molar-refractivity contribution in [2.75, 3.05) is 20.6 Å². The monoisotopic (exact) mass is 285 g/mol. The van der Waals surface area contributed by atoms with Crippen LogP contribution >= 0.6 is 0 Å². The van der Waals surface area contributed by atoms with Crippen molar-refractivity contribution in [3.63, 3.8) is 0 Å². The minimum absolute atomic E-state index is 0.132. The largest absolute Gasteiger partial charge is 0.326 e. The molecule has 19 heavy (non-hydrogen) atoms. The van der Waals surface area contributed by atoms with Gasteiger partial charge in [0.1, 0.15) is 0 Å². The Kier molecular flexibility index (Phi) is 5.49. The number of aryl methyl sites for hydroxylation is 1. The maximum atomic E-state index is 12.3. The zero-order valence-corrected chi connectivity index (χ0v) is 12.8. The summed E-state index contributed by atoms with van der Waals surface area (Å²) in [5.41, 5.74) is 7.09. The van der Waals surface area contributed by atoms with Gasteiger partial charge in [0.25, 0.3) is 0 Å². The molecule has 0 bridgehead atoms. The fourth-order valence-corrected chi connectivity index (χ4v) is 2.97. The Bertz CT molecular complexity index is 527. The van der Waals surface area contributed by atoms with E-state index in [0.29, 0.717) is 18.0 Å². The topological polar surface area (TPSA) is 75.4 Å². The highest BCUT2D eigenvalue weighted by Crippen LogP contribution is 2.16. The van der Waals surface area contributed by atoms with E-state index in [1.165, 1.54) is 0 Å². The van der Waals surface area contributed by atoms with Gasteiger partial charge in [-0.1, -0.05) is 12.1 Å². The van der Waals surface area contributed by atoms with Crippen LogP contribution in [0.15, 0.2) is 23.1 Å². The van der Waals surface area contributed by atoms with Crippen molar-refractivity contribution in [2.45, 2.75) is 31.3 Å².